The van der Waals surface area contributed by atoms with E-state index in [4.69, 9.17) is 21.1 Å². The maximum absolute atomic E-state index is 12.7. The number of hydrogen-bond donors (Lipinski definition) is 0. The van der Waals surface area contributed by atoms with Crippen LogP contribution in [0.5, 0.6) is 5.75 Å². The predicted octanol–water partition coefficient (Wildman–Crippen LogP) is 4.69. The van der Waals surface area contributed by atoms with E-state index in [1.54, 1.807) is 17.7 Å². The van der Waals surface area contributed by atoms with Gasteiger partial charge >= 0.3 is 0 Å². The average molecular weight is 521 g/mol. The highest BCUT2D eigenvalue weighted by molar-refractivity contribution is 7.19. The molecular formula is C27H25ClN4O3S. The van der Waals surface area contributed by atoms with Crippen molar-refractivity contribution in [1.82, 2.24) is 19.7 Å². The van der Waals surface area contributed by atoms with Crippen LogP contribution in [0.2, 0.25) is 5.02 Å². The second-order valence-electron chi connectivity index (χ2n) is 8.97. The van der Waals surface area contributed by atoms with Gasteiger partial charge in [0.2, 0.25) is 0 Å². The van der Waals surface area contributed by atoms with Crippen molar-refractivity contribution in [3.63, 3.8) is 0 Å². The molecule has 9 heteroatoms. The summed E-state index contributed by atoms with van der Waals surface area (Å²) in [7, 11) is 0. The average Bonchev–Trinajstić information content (AvgIpc) is 3.49. The number of rotatable bonds is 6. The summed E-state index contributed by atoms with van der Waals surface area (Å²) in [4.78, 5) is 17.0. The predicted molar refractivity (Wildman–Crippen MR) is 140 cm³/mol. The number of aromatic nitrogens is 3. The van der Waals surface area contributed by atoms with Gasteiger partial charge in [-0.3, -0.25) is 14.3 Å². The van der Waals surface area contributed by atoms with E-state index < -0.39 is 0 Å². The van der Waals surface area contributed by atoms with E-state index in [2.05, 4.69) is 27.2 Å². The van der Waals surface area contributed by atoms with E-state index in [0.29, 0.717) is 37.8 Å². The van der Waals surface area contributed by atoms with Gasteiger partial charge < -0.3 is 9.47 Å². The molecule has 2 aliphatic heterocycles. The van der Waals surface area contributed by atoms with Crippen LogP contribution in [0.15, 0.2) is 54.9 Å². The molecule has 0 aliphatic carbocycles. The zero-order chi connectivity index (χ0) is 24.5. The monoisotopic (exact) mass is 520 g/mol. The van der Waals surface area contributed by atoms with E-state index in [-0.39, 0.29) is 5.78 Å². The molecule has 1 saturated heterocycles. The molecular weight excluding hydrogens is 496 g/mol. The molecule has 0 unspecified atom stereocenters. The third-order valence-corrected chi connectivity index (χ3v) is 8.04. The Bertz CT molecular complexity index is 1410. The molecule has 0 spiro atoms. The second kappa shape index (κ2) is 10.1. The first-order valence-electron chi connectivity index (χ1n) is 12.0. The molecule has 1 fully saturated rings. The van der Waals surface area contributed by atoms with Crippen LogP contribution in [0.4, 0.5) is 0 Å². The summed E-state index contributed by atoms with van der Waals surface area (Å²) in [6.45, 7) is 4.06. The molecule has 4 aromatic rings. The Morgan fingerprint density at radius 1 is 1.08 bits per heavy atom. The largest absolute Gasteiger partial charge is 0.493 e. The van der Waals surface area contributed by atoms with Crippen LogP contribution in [0.25, 0.3) is 26.8 Å². The molecule has 0 saturated carbocycles. The van der Waals surface area contributed by atoms with Gasteiger partial charge in [-0.1, -0.05) is 29.8 Å². The van der Waals surface area contributed by atoms with Crippen molar-refractivity contribution in [2.75, 3.05) is 39.5 Å². The van der Waals surface area contributed by atoms with Crippen LogP contribution < -0.4 is 4.74 Å². The summed E-state index contributed by atoms with van der Waals surface area (Å²) in [5.74, 6) is 1.80. The number of fused-ring (bicyclic) bond motifs is 3. The summed E-state index contributed by atoms with van der Waals surface area (Å²) in [5, 5.41) is 9.21. The SMILES string of the molecule is O=C(Cc1ccc2c(c1)OCCc1cc(-c3nncn3-c3ccccc3Cl)sc1-2)CN1CCOCC1. The number of ether oxygens (including phenoxy) is 2. The van der Waals surface area contributed by atoms with Crippen LogP contribution in [0.3, 0.4) is 0 Å². The van der Waals surface area contributed by atoms with Crippen molar-refractivity contribution < 1.29 is 14.3 Å². The Hall–Kier alpha value is -3.04. The van der Waals surface area contributed by atoms with Crippen molar-refractivity contribution in [2.45, 2.75) is 12.8 Å². The third kappa shape index (κ3) is 4.69. The molecule has 2 aliphatic rings. The van der Waals surface area contributed by atoms with E-state index >= 15 is 0 Å². The molecule has 184 valence electrons. The van der Waals surface area contributed by atoms with Gasteiger partial charge in [0.1, 0.15) is 12.1 Å². The van der Waals surface area contributed by atoms with Gasteiger partial charge in [-0.25, -0.2) is 0 Å². The summed E-state index contributed by atoms with van der Waals surface area (Å²) in [5.41, 5.74) is 4.09. The Morgan fingerprint density at radius 2 is 1.94 bits per heavy atom. The van der Waals surface area contributed by atoms with Crippen LogP contribution in [-0.2, 0) is 22.4 Å². The number of benzene rings is 2. The minimum absolute atomic E-state index is 0.212. The Kier molecular flexibility index (Phi) is 6.58. The van der Waals surface area contributed by atoms with E-state index in [1.165, 1.54) is 5.56 Å². The van der Waals surface area contributed by atoms with E-state index in [1.807, 2.05) is 41.0 Å². The van der Waals surface area contributed by atoms with Crippen LogP contribution >= 0.6 is 22.9 Å². The quantitative estimate of drug-likeness (QED) is 0.367. The fourth-order valence-corrected chi connectivity index (χ4v) is 6.17. The number of carbonyl (C=O) groups excluding carboxylic acids is 1. The van der Waals surface area contributed by atoms with Crippen LogP contribution in [-0.4, -0.2) is 64.9 Å². The minimum atomic E-state index is 0.212. The van der Waals surface area contributed by atoms with Gasteiger partial charge in [-0.15, -0.1) is 21.5 Å². The Balaban J connectivity index is 1.27. The molecule has 2 aromatic carbocycles. The van der Waals surface area contributed by atoms with Crippen molar-refractivity contribution in [3.8, 4) is 32.6 Å². The second-order valence-corrected chi connectivity index (χ2v) is 10.4. The minimum Gasteiger partial charge on any atom is -0.493 e. The van der Waals surface area contributed by atoms with Crippen molar-refractivity contribution in [2.24, 2.45) is 0 Å². The molecule has 0 radical (unpaired) electrons. The van der Waals surface area contributed by atoms with Crippen LogP contribution in [0.1, 0.15) is 11.1 Å². The number of Topliss-reactive ketones (excluding diaryl/α,β-unsaturated/α-hetero) is 1. The number of thiophene rings is 1. The Morgan fingerprint density at radius 3 is 2.81 bits per heavy atom. The molecule has 0 atom stereocenters. The number of morpholine rings is 1. The van der Waals surface area contributed by atoms with Gasteiger partial charge in [0.25, 0.3) is 0 Å². The summed E-state index contributed by atoms with van der Waals surface area (Å²) < 4.78 is 13.4. The summed E-state index contributed by atoms with van der Waals surface area (Å²) >= 11 is 8.12. The number of carbonyl (C=O) groups is 1. The molecule has 2 aromatic heterocycles. The first kappa shape index (κ1) is 23.4. The number of para-hydroxylation sites is 1. The van der Waals surface area contributed by atoms with Gasteiger partial charge in [0.15, 0.2) is 11.6 Å². The van der Waals surface area contributed by atoms with Crippen molar-refractivity contribution in [3.05, 3.63) is 71.0 Å². The number of ketones is 1. The van der Waals surface area contributed by atoms with Crippen LogP contribution in [0, 0.1) is 0 Å². The lowest BCUT2D eigenvalue weighted by Crippen LogP contribution is -2.39. The number of nitrogens with zero attached hydrogens (tertiary/aromatic N) is 4. The standard InChI is InChI=1S/C27H25ClN4O3S/c28-22-3-1-2-4-23(22)32-17-29-30-27(32)25-15-19-7-10-35-24-14-18(5-6-21(24)26(19)36-25)13-20(33)16-31-8-11-34-12-9-31/h1-6,14-15,17H,7-13,16H2. The molecule has 0 bridgehead atoms. The van der Waals surface area contributed by atoms with E-state index in [9.17, 15) is 4.79 Å². The van der Waals surface area contributed by atoms with Crippen molar-refractivity contribution >= 4 is 28.7 Å². The fraction of sp³-hybridized carbons (Fsp3) is 0.296. The molecule has 0 amide bonds. The number of halogens is 1. The molecule has 7 nitrogen and oxygen atoms in total. The Labute approximate surface area is 218 Å². The third-order valence-electron chi connectivity index (χ3n) is 6.51. The van der Waals surface area contributed by atoms with E-state index in [0.717, 1.165) is 57.7 Å². The molecule has 36 heavy (non-hydrogen) atoms. The molecule has 4 heterocycles. The highest BCUT2D eigenvalue weighted by Gasteiger charge is 2.23. The fourth-order valence-electron chi connectivity index (χ4n) is 4.73. The zero-order valence-corrected chi connectivity index (χ0v) is 21.2. The van der Waals surface area contributed by atoms with Gasteiger partial charge in [0, 0.05) is 36.4 Å². The lowest BCUT2D eigenvalue weighted by Gasteiger charge is -2.25. The van der Waals surface area contributed by atoms with Gasteiger partial charge in [0.05, 0.1) is 42.0 Å². The van der Waals surface area contributed by atoms with Gasteiger partial charge in [-0.05, 0) is 41.5 Å². The summed E-state index contributed by atoms with van der Waals surface area (Å²) in [6.07, 6.45) is 2.89. The number of hydrogen-bond acceptors (Lipinski definition) is 7. The maximum Gasteiger partial charge on any atom is 0.178 e. The lowest BCUT2D eigenvalue weighted by atomic mass is 10.0. The van der Waals surface area contributed by atoms with Crippen molar-refractivity contribution in [1.29, 1.82) is 0 Å². The first-order valence-corrected chi connectivity index (χ1v) is 13.2. The highest BCUT2D eigenvalue weighted by atomic mass is 35.5. The first-order chi connectivity index (χ1) is 17.7. The normalized spacial score (nSPS) is 15.6. The lowest BCUT2D eigenvalue weighted by molar-refractivity contribution is -0.120. The topological polar surface area (TPSA) is 69.5 Å². The van der Waals surface area contributed by atoms with Gasteiger partial charge in [-0.2, -0.15) is 0 Å². The summed E-state index contributed by atoms with van der Waals surface area (Å²) in [6, 6.07) is 16.0. The highest BCUT2D eigenvalue weighted by Crippen LogP contribution is 2.44. The maximum atomic E-state index is 12.7. The molecule has 6 rings (SSSR count). The smallest absolute Gasteiger partial charge is 0.178 e. The molecule has 0 N–H and O–H groups in total. The zero-order valence-electron chi connectivity index (χ0n) is 19.7.